The van der Waals surface area contributed by atoms with Crippen LogP contribution >= 0.6 is 0 Å². The van der Waals surface area contributed by atoms with Crippen LogP contribution in [-0.2, 0) is 4.79 Å². The lowest BCUT2D eigenvalue weighted by Crippen LogP contribution is -2.35. The minimum atomic E-state index is -0.559. The molecule has 0 aliphatic heterocycles. The number of aliphatic hydroxyl groups excluding tert-OH is 1. The van der Waals surface area contributed by atoms with Gasteiger partial charge in [-0.1, -0.05) is 0 Å². The van der Waals surface area contributed by atoms with Crippen LogP contribution in [-0.4, -0.2) is 48.1 Å². The Labute approximate surface area is 106 Å². The number of carbonyl (C=O) groups excluding carboxylic acids is 2. The number of aliphatic hydroxyl groups is 1. The summed E-state index contributed by atoms with van der Waals surface area (Å²) in [5.41, 5.74) is 0. The molecule has 0 saturated heterocycles. The van der Waals surface area contributed by atoms with Crippen molar-refractivity contribution in [2.45, 2.75) is 19.4 Å². The average Bonchev–Trinajstić information content (AvgIpc) is 2.81. The molecule has 1 atom stereocenters. The highest BCUT2D eigenvalue weighted by atomic mass is 16.3. The van der Waals surface area contributed by atoms with Gasteiger partial charge in [0.15, 0.2) is 5.76 Å². The van der Waals surface area contributed by atoms with E-state index in [0.29, 0.717) is 0 Å². The van der Waals surface area contributed by atoms with Gasteiger partial charge in [0.1, 0.15) is 0 Å². The van der Waals surface area contributed by atoms with Gasteiger partial charge in [-0.2, -0.15) is 0 Å². The van der Waals surface area contributed by atoms with Crippen LogP contribution in [0.25, 0.3) is 0 Å². The maximum Gasteiger partial charge on any atom is 0.286 e. The van der Waals surface area contributed by atoms with Crippen LogP contribution in [0.3, 0.4) is 0 Å². The SMILES string of the molecule is CC(O)CN(C)C(=O)CCNC(=O)c1ccco1. The molecule has 0 spiro atoms. The third kappa shape index (κ3) is 4.58. The lowest BCUT2D eigenvalue weighted by molar-refractivity contribution is -0.130. The van der Waals surface area contributed by atoms with Crippen molar-refractivity contribution in [3.8, 4) is 0 Å². The van der Waals surface area contributed by atoms with Crippen LogP contribution in [0.15, 0.2) is 22.8 Å². The Balaban J connectivity index is 2.25. The number of nitrogens with one attached hydrogen (secondary N) is 1. The predicted octanol–water partition coefficient (Wildman–Crippen LogP) is 0.239. The molecule has 2 N–H and O–H groups in total. The number of nitrogens with zero attached hydrogens (tertiary/aromatic N) is 1. The van der Waals surface area contributed by atoms with Gasteiger partial charge in [-0.3, -0.25) is 9.59 Å². The van der Waals surface area contributed by atoms with Crippen LogP contribution in [0.2, 0.25) is 0 Å². The average molecular weight is 254 g/mol. The van der Waals surface area contributed by atoms with E-state index < -0.39 is 6.10 Å². The monoisotopic (exact) mass is 254 g/mol. The van der Waals surface area contributed by atoms with E-state index in [1.807, 2.05) is 0 Å². The number of furan rings is 1. The van der Waals surface area contributed by atoms with E-state index in [-0.39, 0.29) is 37.1 Å². The number of carbonyl (C=O) groups is 2. The first-order valence-electron chi connectivity index (χ1n) is 5.74. The van der Waals surface area contributed by atoms with Crippen molar-refractivity contribution in [3.05, 3.63) is 24.2 Å². The molecule has 6 nitrogen and oxygen atoms in total. The summed E-state index contributed by atoms with van der Waals surface area (Å²) in [5.74, 6) is -0.249. The van der Waals surface area contributed by atoms with Crippen LogP contribution < -0.4 is 5.32 Å². The maximum atomic E-state index is 11.6. The van der Waals surface area contributed by atoms with Gasteiger partial charge in [-0.05, 0) is 19.1 Å². The summed E-state index contributed by atoms with van der Waals surface area (Å²) in [7, 11) is 1.61. The van der Waals surface area contributed by atoms with E-state index in [2.05, 4.69) is 5.32 Å². The van der Waals surface area contributed by atoms with E-state index in [0.717, 1.165) is 0 Å². The van der Waals surface area contributed by atoms with Gasteiger partial charge < -0.3 is 19.7 Å². The van der Waals surface area contributed by atoms with Gasteiger partial charge in [0.25, 0.3) is 5.91 Å². The molecule has 0 fully saturated rings. The highest BCUT2D eigenvalue weighted by Crippen LogP contribution is 1.99. The quantitative estimate of drug-likeness (QED) is 0.761. The fourth-order valence-corrected chi connectivity index (χ4v) is 1.47. The normalized spacial score (nSPS) is 11.9. The van der Waals surface area contributed by atoms with Gasteiger partial charge in [-0.25, -0.2) is 0 Å². The Hall–Kier alpha value is -1.82. The van der Waals surface area contributed by atoms with Gasteiger partial charge in [0.2, 0.25) is 5.91 Å². The summed E-state index contributed by atoms with van der Waals surface area (Å²) < 4.78 is 4.91. The Morgan fingerprint density at radius 3 is 2.83 bits per heavy atom. The molecule has 0 aliphatic rings. The largest absolute Gasteiger partial charge is 0.459 e. The summed E-state index contributed by atoms with van der Waals surface area (Å²) >= 11 is 0. The standard InChI is InChI=1S/C12H18N2O4/c1-9(15)8-14(2)11(16)5-6-13-12(17)10-4-3-7-18-10/h3-4,7,9,15H,5-6,8H2,1-2H3,(H,13,17). The minimum absolute atomic E-state index is 0.129. The third-order valence-electron chi connectivity index (χ3n) is 2.33. The molecule has 18 heavy (non-hydrogen) atoms. The highest BCUT2D eigenvalue weighted by molar-refractivity contribution is 5.91. The lowest BCUT2D eigenvalue weighted by atomic mass is 10.3. The Kier molecular flexibility index (Phi) is 5.38. The van der Waals surface area contributed by atoms with Crippen molar-refractivity contribution in [1.29, 1.82) is 0 Å². The van der Waals surface area contributed by atoms with Gasteiger partial charge >= 0.3 is 0 Å². The number of likely N-dealkylation sites (N-methyl/N-ethyl adjacent to an activating group) is 1. The van der Waals surface area contributed by atoms with Gasteiger partial charge in [0.05, 0.1) is 12.4 Å². The summed E-state index contributed by atoms with van der Waals surface area (Å²) in [6.07, 6.45) is 1.04. The zero-order valence-electron chi connectivity index (χ0n) is 10.5. The molecule has 1 aromatic rings. The molecule has 1 heterocycles. The molecule has 6 heteroatoms. The second-order valence-corrected chi connectivity index (χ2v) is 4.11. The topological polar surface area (TPSA) is 82.8 Å². The Morgan fingerprint density at radius 2 is 2.28 bits per heavy atom. The summed E-state index contributed by atoms with van der Waals surface area (Å²) in [4.78, 5) is 24.5. The van der Waals surface area contributed by atoms with Crippen molar-refractivity contribution in [2.75, 3.05) is 20.1 Å². The van der Waals surface area contributed by atoms with Crippen LogP contribution in [0.4, 0.5) is 0 Å². The molecule has 100 valence electrons. The van der Waals surface area contributed by atoms with E-state index >= 15 is 0 Å². The van der Waals surface area contributed by atoms with Crippen LogP contribution in [0.5, 0.6) is 0 Å². The zero-order chi connectivity index (χ0) is 13.5. The van der Waals surface area contributed by atoms with E-state index in [1.54, 1.807) is 26.1 Å². The van der Waals surface area contributed by atoms with E-state index in [9.17, 15) is 9.59 Å². The van der Waals surface area contributed by atoms with E-state index in [1.165, 1.54) is 11.2 Å². The summed E-state index contributed by atoms with van der Waals surface area (Å²) in [5, 5.41) is 11.7. The molecular formula is C12H18N2O4. The van der Waals surface area contributed by atoms with E-state index in [4.69, 9.17) is 9.52 Å². The smallest absolute Gasteiger partial charge is 0.286 e. The fraction of sp³-hybridized carbons (Fsp3) is 0.500. The molecule has 1 rings (SSSR count). The van der Waals surface area contributed by atoms with Crippen molar-refractivity contribution < 1.29 is 19.1 Å². The van der Waals surface area contributed by atoms with Crippen LogP contribution in [0, 0.1) is 0 Å². The molecule has 1 unspecified atom stereocenters. The Morgan fingerprint density at radius 1 is 1.56 bits per heavy atom. The van der Waals surface area contributed by atoms with Crippen molar-refractivity contribution >= 4 is 11.8 Å². The summed E-state index contributed by atoms with van der Waals surface area (Å²) in [6, 6.07) is 3.17. The number of hydrogen-bond acceptors (Lipinski definition) is 4. The first-order valence-corrected chi connectivity index (χ1v) is 5.74. The second kappa shape index (κ2) is 6.80. The number of rotatable bonds is 6. The third-order valence-corrected chi connectivity index (χ3v) is 2.33. The second-order valence-electron chi connectivity index (χ2n) is 4.11. The predicted molar refractivity (Wildman–Crippen MR) is 65.0 cm³/mol. The molecule has 0 radical (unpaired) electrons. The first kappa shape index (κ1) is 14.2. The number of amides is 2. The molecule has 0 bridgehead atoms. The fourth-order valence-electron chi connectivity index (χ4n) is 1.47. The summed E-state index contributed by atoms with van der Waals surface area (Å²) in [6.45, 7) is 2.13. The lowest BCUT2D eigenvalue weighted by Gasteiger charge is -2.18. The number of hydrogen-bond donors (Lipinski definition) is 2. The van der Waals surface area contributed by atoms with Crippen molar-refractivity contribution in [1.82, 2.24) is 10.2 Å². The minimum Gasteiger partial charge on any atom is -0.459 e. The molecule has 1 aromatic heterocycles. The highest BCUT2D eigenvalue weighted by Gasteiger charge is 2.12. The Bertz CT molecular complexity index is 387. The maximum absolute atomic E-state index is 11.6. The molecule has 0 saturated carbocycles. The molecular weight excluding hydrogens is 236 g/mol. The zero-order valence-corrected chi connectivity index (χ0v) is 10.5. The van der Waals surface area contributed by atoms with Gasteiger partial charge in [0, 0.05) is 26.6 Å². The van der Waals surface area contributed by atoms with Crippen molar-refractivity contribution in [2.24, 2.45) is 0 Å². The van der Waals surface area contributed by atoms with Crippen molar-refractivity contribution in [3.63, 3.8) is 0 Å². The first-order chi connectivity index (χ1) is 8.50. The molecule has 0 aliphatic carbocycles. The van der Waals surface area contributed by atoms with Gasteiger partial charge in [-0.15, -0.1) is 0 Å². The molecule has 2 amide bonds. The van der Waals surface area contributed by atoms with Crippen LogP contribution in [0.1, 0.15) is 23.9 Å². The molecule has 0 aromatic carbocycles.